The molecule has 2 aromatic rings. The number of piperidine rings is 1. The van der Waals surface area contributed by atoms with E-state index in [-0.39, 0.29) is 23.9 Å². The van der Waals surface area contributed by atoms with Crippen LogP contribution in [0.25, 0.3) is 0 Å². The van der Waals surface area contributed by atoms with Crippen LogP contribution in [0.1, 0.15) is 35.1 Å². The number of amides is 2. The zero-order valence-electron chi connectivity index (χ0n) is 16.4. The molecular weight excluding hydrogens is 376 g/mol. The van der Waals surface area contributed by atoms with Crippen molar-refractivity contribution < 1.29 is 14.3 Å². The first-order valence-corrected chi connectivity index (χ1v) is 10.3. The predicted molar refractivity (Wildman–Crippen MR) is 110 cm³/mol. The van der Waals surface area contributed by atoms with E-state index in [0.29, 0.717) is 4.88 Å². The normalized spacial score (nSPS) is 16.4. The summed E-state index contributed by atoms with van der Waals surface area (Å²) in [5.74, 6) is 0.667. The summed E-state index contributed by atoms with van der Waals surface area (Å²) in [5, 5.41) is 6.04. The minimum absolute atomic E-state index is 0.0343. The molecule has 2 heterocycles. The van der Waals surface area contributed by atoms with Crippen LogP contribution in [-0.4, -0.2) is 54.0 Å². The molecule has 0 radical (unpaired) electrons. The van der Waals surface area contributed by atoms with Crippen LogP contribution >= 0.6 is 11.3 Å². The lowest BCUT2D eigenvalue weighted by Crippen LogP contribution is -2.50. The number of ether oxygens (including phenoxy) is 1. The van der Waals surface area contributed by atoms with Crippen molar-refractivity contribution in [3.8, 4) is 5.75 Å². The van der Waals surface area contributed by atoms with E-state index in [2.05, 4.69) is 20.5 Å². The van der Waals surface area contributed by atoms with Crippen LogP contribution in [0.5, 0.6) is 5.75 Å². The molecule has 0 spiro atoms. The molecule has 1 aliphatic heterocycles. The number of benzene rings is 1. The Labute approximate surface area is 169 Å². The maximum Gasteiger partial charge on any atom is 0.263 e. The molecule has 0 saturated carbocycles. The Kier molecular flexibility index (Phi) is 6.64. The summed E-state index contributed by atoms with van der Waals surface area (Å²) in [7, 11) is 1.61. The summed E-state index contributed by atoms with van der Waals surface area (Å²) in [6.07, 6.45) is 1.65. The number of hydrogen-bond acceptors (Lipinski definition) is 6. The third-order valence-corrected chi connectivity index (χ3v) is 6.03. The molecule has 1 aliphatic rings. The molecule has 2 amide bonds. The highest BCUT2D eigenvalue weighted by molar-refractivity contribution is 7.11. The number of likely N-dealkylation sites (tertiary alicyclic amines) is 1. The highest BCUT2D eigenvalue weighted by Gasteiger charge is 2.28. The predicted octanol–water partition coefficient (Wildman–Crippen LogP) is 2.68. The lowest BCUT2D eigenvalue weighted by atomic mass is 10.0. The zero-order valence-corrected chi connectivity index (χ0v) is 17.2. The highest BCUT2D eigenvalue weighted by atomic mass is 32.1. The van der Waals surface area contributed by atoms with Crippen molar-refractivity contribution in [3.05, 3.63) is 40.3 Å². The van der Waals surface area contributed by atoms with Gasteiger partial charge in [-0.05, 0) is 51.0 Å². The molecule has 8 heteroatoms. The van der Waals surface area contributed by atoms with Gasteiger partial charge in [0, 0.05) is 24.8 Å². The number of hydrogen-bond donors (Lipinski definition) is 2. The molecule has 3 rings (SSSR count). The summed E-state index contributed by atoms with van der Waals surface area (Å²) in [6.45, 7) is 5.29. The van der Waals surface area contributed by atoms with Crippen molar-refractivity contribution in [2.24, 2.45) is 0 Å². The number of anilines is 1. The average Bonchev–Trinajstić information content (AvgIpc) is 3.14. The van der Waals surface area contributed by atoms with Crippen LogP contribution in [-0.2, 0) is 4.79 Å². The van der Waals surface area contributed by atoms with Crippen LogP contribution in [0.15, 0.2) is 29.8 Å². The average molecular weight is 403 g/mol. The SMILES string of the molecule is COc1ccc(NC(=O)C(C)N2CCC(NC(=O)c3scnc3C)CC2)cc1. The van der Waals surface area contributed by atoms with Crippen molar-refractivity contribution in [1.82, 2.24) is 15.2 Å². The molecule has 1 aromatic carbocycles. The lowest BCUT2D eigenvalue weighted by molar-refractivity contribution is -0.121. The van der Waals surface area contributed by atoms with E-state index in [1.165, 1.54) is 11.3 Å². The molecule has 1 fully saturated rings. The van der Waals surface area contributed by atoms with Crippen LogP contribution in [0.3, 0.4) is 0 Å². The van der Waals surface area contributed by atoms with Gasteiger partial charge in [-0.1, -0.05) is 0 Å². The number of aryl methyl sites for hydroxylation is 1. The van der Waals surface area contributed by atoms with Gasteiger partial charge >= 0.3 is 0 Å². The van der Waals surface area contributed by atoms with E-state index in [1.807, 2.05) is 38.1 Å². The summed E-state index contributed by atoms with van der Waals surface area (Å²) in [4.78, 5) is 31.9. The smallest absolute Gasteiger partial charge is 0.263 e. The van der Waals surface area contributed by atoms with Crippen molar-refractivity contribution in [2.75, 3.05) is 25.5 Å². The van der Waals surface area contributed by atoms with Gasteiger partial charge < -0.3 is 15.4 Å². The lowest BCUT2D eigenvalue weighted by Gasteiger charge is -2.35. The number of aromatic nitrogens is 1. The number of carbonyl (C=O) groups is 2. The molecule has 7 nitrogen and oxygen atoms in total. The molecule has 2 N–H and O–H groups in total. The van der Waals surface area contributed by atoms with Crippen LogP contribution in [0.4, 0.5) is 5.69 Å². The number of carbonyl (C=O) groups excluding carboxylic acids is 2. The van der Waals surface area contributed by atoms with Crippen molar-refractivity contribution in [2.45, 2.75) is 38.8 Å². The maximum absolute atomic E-state index is 12.6. The van der Waals surface area contributed by atoms with E-state index in [1.54, 1.807) is 12.6 Å². The monoisotopic (exact) mass is 402 g/mol. The van der Waals surface area contributed by atoms with Crippen molar-refractivity contribution in [3.63, 3.8) is 0 Å². The van der Waals surface area contributed by atoms with Gasteiger partial charge in [0.2, 0.25) is 5.91 Å². The first kappa shape index (κ1) is 20.3. The number of rotatable bonds is 6. The van der Waals surface area contributed by atoms with Crippen LogP contribution in [0, 0.1) is 6.92 Å². The summed E-state index contributed by atoms with van der Waals surface area (Å²) >= 11 is 1.36. The summed E-state index contributed by atoms with van der Waals surface area (Å²) in [6, 6.07) is 7.18. The molecule has 28 heavy (non-hydrogen) atoms. The Bertz CT molecular complexity index is 813. The van der Waals surface area contributed by atoms with Gasteiger partial charge in [0.15, 0.2) is 0 Å². The molecule has 0 aliphatic carbocycles. The minimum atomic E-state index is -0.234. The highest BCUT2D eigenvalue weighted by Crippen LogP contribution is 2.19. The van der Waals surface area contributed by atoms with E-state index < -0.39 is 0 Å². The maximum atomic E-state index is 12.6. The number of nitrogens with zero attached hydrogens (tertiary/aromatic N) is 2. The third-order valence-electron chi connectivity index (χ3n) is 5.10. The largest absolute Gasteiger partial charge is 0.497 e. The quantitative estimate of drug-likeness (QED) is 0.776. The fourth-order valence-corrected chi connectivity index (χ4v) is 3.99. The summed E-state index contributed by atoms with van der Waals surface area (Å²) in [5.41, 5.74) is 3.21. The van der Waals surface area contributed by atoms with E-state index >= 15 is 0 Å². The van der Waals surface area contributed by atoms with Gasteiger partial charge in [-0.25, -0.2) is 4.98 Å². The van der Waals surface area contributed by atoms with Gasteiger partial charge in [-0.3, -0.25) is 14.5 Å². The van der Waals surface area contributed by atoms with Crippen molar-refractivity contribution in [1.29, 1.82) is 0 Å². The van der Waals surface area contributed by atoms with Gasteiger partial charge in [0.05, 0.1) is 24.4 Å². The first-order valence-electron chi connectivity index (χ1n) is 9.38. The van der Waals surface area contributed by atoms with Gasteiger partial charge in [0.1, 0.15) is 10.6 Å². The van der Waals surface area contributed by atoms with Crippen molar-refractivity contribution >= 4 is 28.8 Å². The second-order valence-corrected chi connectivity index (χ2v) is 7.80. The second-order valence-electron chi connectivity index (χ2n) is 6.94. The fourth-order valence-electron chi connectivity index (χ4n) is 3.29. The molecule has 1 unspecified atom stereocenters. The molecule has 1 aromatic heterocycles. The second kappa shape index (κ2) is 9.16. The Balaban J connectivity index is 1.47. The number of thiazole rings is 1. The molecular formula is C20H26N4O3S. The van der Waals surface area contributed by atoms with E-state index in [0.717, 1.165) is 43.1 Å². The Hall–Kier alpha value is -2.45. The minimum Gasteiger partial charge on any atom is -0.497 e. The van der Waals surface area contributed by atoms with Crippen LogP contribution in [0.2, 0.25) is 0 Å². The first-order chi connectivity index (χ1) is 13.5. The van der Waals surface area contributed by atoms with Gasteiger partial charge in [-0.2, -0.15) is 0 Å². The van der Waals surface area contributed by atoms with E-state index in [4.69, 9.17) is 4.74 Å². The van der Waals surface area contributed by atoms with Crippen LogP contribution < -0.4 is 15.4 Å². The Morgan fingerprint density at radius 3 is 2.50 bits per heavy atom. The number of nitrogens with one attached hydrogen (secondary N) is 2. The Morgan fingerprint density at radius 2 is 1.93 bits per heavy atom. The molecule has 150 valence electrons. The zero-order chi connectivity index (χ0) is 20.1. The molecule has 1 saturated heterocycles. The third kappa shape index (κ3) is 4.88. The molecule has 1 atom stereocenters. The standard InChI is InChI=1S/C20H26N4O3S/c1-13-18(28-12-21-13)20(26)23-16-8-10-24(11-9-16)14(2)19(25)22-15-4-6-17(27-3)7-5-15/h4-7,12,14,16H,8-11H2,1-3H3,(H,22,25)(H,23,26). The van der Waals surface area contributed by atoms with Gasteiger partial charge in [-0.15, -0.1) is 11.3 Å². The molecule has 0 bridgehead atoms. The van der Waals surface area contributed by atoms with Gasteiger partial charge in [0.25, 0.3) is 5.91 Å². The topological polar surface area (TPSA) is 83.6 Å². The summed E-state index contributed by atoms with van der Waals surface area (Å²) < 4.78 is 5.13. The number of methoxy groups -OCH3 is 1. The Morgan fingerprint density at radius 1 is 1.25 bits per heavy atom. The fraction of sp³-hybridized carbons (Fsp3) is 0.450. The van der Waals surface area contributed by atoms with E-state index in [9.17, 15) is 9.59 Å².